The number of urea groups is 1. The van der Waals surface area contributed by atoms with E-state index in [1.165, 1.54) is 17.4 Å². The van der Waals surface area contributed by atoms with E-state index in [0.29, 0.717) is 26.8 Å². The zero-order valence-electron chi connectivity index (χ0n) is 26.0. The number of benzene rings is 3. The summed E-state index contributed by atoms with van der Waals surface area (Å²) >= 11 is 1.33. The standard InChI is InChI=1S/C32H37N5O5S2.H2S/c1-20(2)42-31(39)36-24-14-12-23(13-15-24)29-33-19-27(43-29)26-17-16-25(18-28(26)44(40,41)37-32(4,5)6)35-30(38)34-21(3)22-10-8-7-9-11-22;/h7-21,37H,1-6H3,(H,36,39)(H2,34,35,38);1H2/t21-;/m0./s1. The Morgan fingerprint density at radius 2 is 1.53 bits per heavy atom. The predicted molar refractivity (Wildman–Crippen MR) is 186 cm³/mol. The molecule has 0 aliphatic heterocycles. The number of ether oxygens (including phenoxy) is 1. The maximum atomic E-state index is 13.6. The van der Waals surface area contributed by atoms with E-state index in [1.807, 2.05) is 49.4 Å². The quantitative estimate of drug-likeness (QED) is 0.146. The molecule has 0 fully saturated rings. The molecule has 0 unspecified atom stereocenters. The second-order valence-electron chi connectivity index (χ2n) is 11.5. The van der Waals surface area contributed by atoms with Crippen molar-refractivity contribution in [3.05, 3.63) is 84.6 Å². The lowest BCUT2D eigenvalue weighted by atomic mass is 10.1. The lowest BCUT2D eigenvalue weighted by molar-refractivity contribution is 0.130. The van der Waals surface area contributed by atoms with Crippen LogP contribution in [0.5, 0.6) is 0 Å². The summed E-state index contributed by atoms with van der Waals surface area (Å²) in [5.74, 6) is 0. The van der Waals surface area contributed by atoms with Crippen LogP contribution in [0.3, 0.4) is 0 Å². The summed E-state index contributed by atoms with van der Waals surface area (Å²) in [6, 6.07) is 20.7. The highest BCUT2D eigenvalue weighted by molar-refractivity contribution is 7.89. The Bertz CT molecular complexity index is 1720. The number of anilines is 2. The highest BCUT2D eigenvalue weighted by Crippen LogP contribution is 2.37. The van der Waals surface area contributed by atoms with Gasteiger partial charge in [0.15, 0.2) is 0 Å². The molecular formula is C32H39N5O5S3. The molecule has 0 saturated carbocycles. The Hall–Kier alpha value is -3.91. The van der Waals surface area contributed by atoms with Gasteiger partial charge < -0.3 is 15.4 Å². The maximum Gasteiger partial charge on any atom is 0.411 e. The third-order valence-corrected chi connectivity index (χ3v) is 8.99. The van der Waals surface area contributed by atoms with Gasteiger partial charge in [0.05, 0.1) is 21.9 Å². The van der Waals surface area contributed by atoms with Gasteiger partial charge in [-0.2, -0.15) is 13.5 Å². The summed E-state index contributed by atoms with van der Waals surface area (Å²) in [6.45, 7) is 10.7. The van der Waals surface area contributed by atoms with Gasteiger partial charge in [0.25, 0.3) is 0 Å². The van der Waals surface area contributed by atoms with Crippen molar-refractivity contribution in [1.82, 2.24) is 15.0 Å². The Morgan fingerprint density at radius 3 is 2.16 bits per heavy atom. The van der Waals surface area contributed by atoms with E-state index in [0.717, 1.165) is 11.1 Å². The molecule has 0 aliphatic rings. The number of amides is 3. The monoisotopic (exact) mass is 669 g/mol. The Balaban J connectivity index is 0.00000552. The van der Waals surface area contributed by atoms with E-state index in [-0.39, 0.29) is 30.5 Å². The number of hydrogen-bond acceptors (Lipinski definition) is 7. The van der Waals surface area contributed by atoms with Crippen LogP contribution < -0.4 is 20.7 Å². The summed E-state index contributed by atoms with van der Waals surface area (Å²) in [7, 11) is -4.00. The molecule has 4 N–H and O–H groups in total. The number of carbonyl (C=O) groups excluding carboxylic acids is 2. The smallest absolute Gasteiger partial charge is 0.411 e. The van der Waals surface area contributed by atoms with Gasteiger partial charge in [-0.3, -0.25) is 5.32 Å². The summed E-state index contributed by atoms with van der Waals surface area (Å²) in [5.41, 5.74) is 2.34. The molecule has 3 amide bonds. The highest BCUT2D eigenvalue weighted by atomic mass is 32.2. The summed E-state index contributed by atoms with van der Waals surface area (Å²) in [6.07, 6.45) is 0.850. The van der Waals surface area contributed by atoms with E-state index in [9.17, 15) is 18.0 Å². The fourth-order valence-electron chi connectivity index (χ4n) is 4.26. The zero-order chi connectivity index (χ0) is 32.1. The minimum absolute atomic E-state index is 0. The molecule has 0 spiro atoms. The third-order valence-electron chi connectivity index (χ3n) is 6.11. The predicted octanol–water partition coefficient (Wildman–Crippen LogP) is 7.51. The molecule has 4 aromatic rings. The number of rotatable bonds is 9. The second kappa shape index (κ2) is 14.9. The molecule has 0 saturated heterocycles. The molecular weight excluding hydrogens is 631 g/mol. The number of sulfonamides is 1. The molecule has 1 heterocycles. The molecule has 4 rings (SSSR count). The highest BCUT2D eigenvalue weighted by Gasteiger charge is 2.27. The molecule has 0 radical (unpaired) electrons. The van der Waals surface area contributed by atoms with E-state index in [4.69, 9.17) is 4.74 Å². The normalized spacial score (nSPS) is 12.2. The number of nitrogens with zero attached hydrogens (tertiary/aromatic N) is 1. The fraction of sp³-hybridized carbons (Fsp3) is 0.281. The van der Waals surface area contributed by atoms with Gasteiger partial charge in [-0.05, 0) is 83.5 Å². The van der Waals surface area contributed by atoms with Crippen LogP contribution in [-0.2, 0) is 14.8 Å². The molecule has 1 atom stereocenters. The summed E-state index contributed by atoms with van der Waals surface area (Å²) in [4.78, 5) is 29.9. The van der Waals surface area contributed by atoms with Gasteiger partial charge in [-0.15, -0.1) is 11.3 Å². The minimum atomic E-state index is -4.00. The van der Waals surface area contributed by atoms with Crippen LogP contribution in [0.4, 0.5) is 21.0 Å². The zero-order valence-corrected chi connectivity index (χ0v) is 28.6. The van der Waals surface area contributed by atoms with Crippen LogP contribution in [0.1, 0.15) is 53.1 Å². The first kappa shape index (κ1) is 35.6. The number of thiazole rings is 1. The van der Waals surface area contributed by atoms with E-state index in [1.54, 1.807) is 65.1 Å². The molecule has 45 heavy (non-hydrogen) atoms. The van der Waals surface area contributed by atoms with E-state index < -0.39 is 27.7 Å². The molecule has 240 valence electrons. The van der Waals surface area contributed by atoms with Gasteiger partial charge in [-0.1, -0.05) is 36.4 Å². The first-order valence-corrected chi connectivity index (χ1v) is 16.3. The van der Waals surface area contributed by atoms with Gasteiger partial charge in [0.1, 0.15) is 5.01 Å². The lowest BCUT2D eigenvalue weighted by Crippen LogP contribution is -2.40. The lowest BCUT2D eigenvalue weighted by Gasteiger charge is -2.22. The molecule has 3 aromatic carbocycles. The van der Waals surface area contributed by atoms with Crippen molar-refractivity contribution in [3.63, 3.8) is 0 Å². The van der Waals surface area contributed by atoms with Gasteiger partial charge in [0.2, 0.25) is 10.0 Å². The number of carbonyl (C=O) groups is 2. The molecule has 1 aromatic heterocycles. The van der Waals surface area contributed by atoms with Crippen molar-refractivity contribution in [3.8, 4) is 21.0 Å². The summed E-state index contributed by atoms with van der Waals surface area (Å²) in [5, 5.41) is 8.98. The van der Waals surface area contributed by atoms with E-state index in [2.05, 4.69) is 25.7 Å². The SMILES string of the molecule is CC(C)OC(=O)Nc1ccc(-c2ncc(-c3ccc(NC(=O)N[C@@H](C)c4ccccc4)cc3S(=O)(=O)NC(C)(C)C)s2)cc1.S. The van der Waals surface area contributed by atoms with Gasteiger partial charge in [-0.25, -0.2) is 27.7 Å². The fourth-order valence-corrected chi connectivity index (χ4v) is 6.95. The maximum absolute atomic E-state index is 13.6. The van der Waals surface area contributed by atoms with Crippen LogP contribution in [-0.4, -0.2) is 37.2 Å². The van der Waals surface area contributed by atoms with Crippen molar-refractivity contribution < 1.29 is 22.7 Å². The second-order valence-corrected chi connectivity index (χ2v) is 14.2. The average molecular weight is 670 g/mol. The molecule has 10 nitrogen and oxygen atoms in total. The third kappa shape index (κ3) is 10.0. The molecule has 13 heteroatoms. The number of hydrogen-bond donors (Lipinski definition) is 4. The molecule has 0 aliphatic carbocycles. The molecule has 0 bridgehead atoms. The first-order valence-electron chi connectivity index (χ1n) is 14.0. The van der Waals surface area contributed by atoms with Crippen molar-refractivity contribution in [1.29, 1.82) is 0 Å². The van der Waals surface area contributed by atoms with Crippen molar-refractivity contribution >= 4 is 58.4 Å². The van der Waals surface area contributed by atoms with Crippen molar-refractivity contribution in [2.75, 3.05) is 10.6 Å². The topological polar surface area (TPSA) is 139 Å². The Kier molecular flexibility index (Phi) is 11.8. The van der Waals surface area contributed by atoms with Crippen LogP contribution in [0.2, 0.25) is 0 Å². The number of aromatic nitrogens is 1. The minimum Gasteiger partial charge on any atom is -0.447 e. The van der Waals surface area contributed by atoms with Crippen LogP contribution in [0.15, 0.2) is 83.9 Å². The first-order chi connectivity index (χ1) is 20.7. The van der Waals surface area contributed by atoms with E-state index >= 15 is 0 Å². The summed E-state index contributed by atoms with van der Waals surface area (Å²) < 4.78 is 35.0. The van der Waals surface area contributed by atoms with Gasteiger partial charge in [0, 0.05) is 34.2 Å². The van der Waals surface area contributed by atoms with Crippen molar-refractivity contribution in [2.45, 2.75) is 64.1 Å². The largest absolute Gasteiger partial charge is 0.447 e. The average Bonchev–Trinajstić information content (AvgIpc) is 3.42. The van der Waals surface area contributed by atoms with Crippen LogP contribution in [0.25, 0.3) is 21.0 Å². The van der Waals surface area contributed by atoms with Gasteiger partial charge >= 0.3 is 12.1 Å². The number of nitrogens with one attached hydrogen (secondary N) is 4. The Labute approximate surface area is 275 Å². The van der Waals surface area contributed by atoms with Crippen molar-refractivity contribution in [2.24, 2.45) is 0 Å². The van der Waals surface area contributed by atoms with Crippen LogP contribution >= 0.6 is 24.8 Å². The van der Waals surface area contributed by atoms with Crippen LogP contribution in [0, 0.1) is 0 Å². The Morgan fingerprint density at radius 1 is 0.889 bits per heavy atom.